The summed E-state index contributed by atoms with van der Waals surface area (Å²) in [6.45, 7) is 3.89. The number of unbranched alkanes of at least 4 members (excludes halogenated alkanes) is 1. The van der Waals surface area contributed by atoms with Crippen molar-refractivity contribution in [2.45, 2.75) is 58.0 Å². The summed E-state index contributed by atoms with van der Waals surface area (Å²) in [5, 5.41) is 12.2. The van der Waals surface area contributed by atoms with E-state index in [9.17, 15) is 13.6 Å². The molecule has 0 saturated carbocycles. The molecule has 21 heavy (non-hydrogen) atoms. The summed E-state index contributed by atoms with van der Waals surface area (Å²) in [6.07, 6.45) is 3.42. The van der Waals surface area contributed by atoms with E-state index in [-0.39, 0.29) is 6.04 Å². The van der Waals surface area contributed by atoms with Gasteiger partial charge in [0.2, 0.25) is 0 Å². The Bertz CT molecular complexity index is 466. The number of carbonyl (C=O) groups is 1. The highest BCUT2D eigenvalue weighted by Gasteiger charge is 2.18. The topological polar surface area (TPSA) is 49.3 Å². The van der Waals surface area contributed by atoms with Gasteiger partial charge in [0.05, 0.1) is 0 Å². The van der Waals surface area contributed by atoms with Crippen LogP contribution in [0.5, 0.6) is 0 Å². The first-order valence-electron chi connectivity index (χ1n) is 7.36. The number of carboxylic acid groups (broad SMARTS) is 1. The first-order valence-corrected chi connectivity index (χ1v) is 7.36. The molecule has 0 aliphatic heterocycles. The third-order valence-electron chi connectivity index (χ3n) is 3.49. The number of hydrogen-bond acceptors (Lipinski definition) is 2. The lowest BCUT2D eigenvalue weighted by molar-refractivity contribution is -0.139. The molecule has 2 N–H and O–H groups in total. The predicted octanol–water partition coefficient (Wildman–Crippen LogP) is 3.52. The minimum atomic E-state index is -0.858. The minimum Gasteiger partial charge on any atom is -0.480 e. The lowest BCUT2D eigenvalue weighted by Crippen LogP contribution is -2.42. The fourth-order valence-electron chi connectivity index (χ4n) is 2.21. The zero-order valence-electron chi connectivity index (χ0n) is 12.5. The van der Waals surface area contributed by atoms with E-state index in [1.807, 2.05) is 13.8 Å². The van der Waals surface area contributed by atoms with Crippen LogP contribution in [0.2, 0.25) is 0 Å². The van der Waals surface area contributed by atoms with Gasteiger partial charge >= 0.3 is 5.97 Å². The lowest BCUT2D eigenvalue weighted by atomic mass is 10.0. The highest BCUT2D eigenvalue weighted by molar-refractivity contribution is 5.73. The van der Waals surface area contributed by atoms with Crippen molar-refractivity contribution in [1.29, 1.82) is 0 Å². The number of aliphatic carboxylic acids is 1. The van der Waals surface area contributed by atoms with Crippen LogP contribution in [-0.4, -0.2) is 23.2 Å². The Labute approximate surface area is 124 Å². The zero-order valence-corrected chi connectivity index (χ0v) is 12.5. The SMILES string of the molecule is CCCCC(NC(C)CCc1ccc(F)cc1F)C(=O)O. The Hall–Kier alpha value is -1.49. The van der Waals surface area contributed by atoms with Crippen LogP contribution in [0, 0.1) is 11.6 Å². The average molecular weight is 299 g/mol. The van der Waals surface area contributed by atoms with Crippen molar-refractivity contribution in [3.05, 3.63) is 35.4 Å². The van der Waals surface area contributed by atoms with Crippen LogP contribution in [0.3, 0.4) is 0 Å². The van der Waals surface area contributed by atoms with Gasteiger partial charge in [-0.05, 0) is 37.8 Å². The average Bonchev–Trinajstić information content (AvgIpc) is 2.42. The summed E-state index contributed by atoms with van der Waals surface area (Å²) < 4.78 is 26.3. The monoisotopic (exact) mass is 299 g/mol. The van der Waals surface area contributed by atoms with E-state index in [1.165, 1.54) is 12.1 Å². The second kappa shape index (κ2) is 8.72. The number of hydrogen-bond donors (Lipinski definition) is 2. The van der Waals surface area contributed by atoms with Crippen molar-refractivity contribution in [1.82, 2.24) is 5.32 Å². The Kier molecular flexibility index (Phi) is 7.29. The summed E-state index contributed by atoms with van der Waals surface area (Å²) in [5.41, 5.74) is 0.450. The molecule has 0 aliphatic rings. The van der Waals surface area contributed by atoms with Gasteiger partial charge in [0.25, 0.3) is 0 Å². The van der Waals surface area contributed by atoms with Crippen LogP contribution in [-0.2, 0) is 11.2 Å². The normalized spacial score (nSPS) is 13.9. The van der Waals surface area contributed by atoms with E-state index < -0.39 is 23.6 Å². The Morgan fingerprint density at radius 3 is 2.62 bits per heavy atom. The molecule has 0 heterocycles. The number of benzene rings is 1. The molecule has 2 atom stereocenters. The standard InChI is InChI=1S/C16H23F2NO2/c1-3-4-5-15(16(20)21)19-11(2)6-7-12-8-9-13(17)10-14(12)18/h8-11,15,19H,3-7H2,1-2H3,(H,20,21). The molecule has 118 valence electrons. The molecule has 1 rings (SSSR count). The fraction of sp³-hybridized carbons (Fsp3) is 0.562. The van der Waals surface area contributed by atoms with Crippen molar-refractivity contribution in [3.8, 4) is 0 Å². The highest BCUT2D eigenvalue weighted by atomic mass is 19.1. The second-order valence-corrected chi connectivity index (χ2v) is 5.38. The maximum Gasteiger partial charge on any atom is 0.320 e. The molecule has 0 aliphatic carbocycles. The second-order valence-electron chi connectivity index (χ2n) is 5.38. The number of rotatable bonds is 9. The molecular formula is C16H23F2NO2. The quantitative estimate of drug-likeness (QED) is 0.733. The van der Waals surface area contributed by atoms with Gasteiger partial charge in [-0.25, -0.2) is 8.78 Å². The van der Waals surface area contributed by atoms with Crippen LogP contribution in [0.25, 0.3) is 0 Å². The van der Waals surface area contributed by atoms with Gasteiger partial charge in [0.1, 0.15) is 17.7 Å². The lowest BCUT2D eigenvalue weighted by Gasteiger charge is -2.20. The van der Waals surface area contributed by atoms with Crippen molar-refractivity contribution in [3.63, 3.8) is 0 Å². The van der Waals surface area contributed by atoms with E-state index in [0.717, 1.165) is 18.9 Å². The molecule has 0 radical (unpaired) electrons. The molecule has 5 heteroatoms. The maximum absolute atomic E-state index is 13.5. The zero-order chi connectivity index (χ0) is 15.8. The van der Waals surface area contributed by atoms with Crippen molar-refractivity contribution < 1.29 is 18.7 Å². The molecule has 1 aromatic rings. The molecule has 0 amide bonds. The summed E-state index contributed by atoms with van der Waals surface area (Å²) in [7, 11) is 0. The third kappa shape index (κ3) is 6.21. The fourth-order valence-corrected chi connectivity index (χ4v) is 2.21. The number of halogens is 2. The smallest absolute Gasteiger partial charge is 0.320 e. The van der Waals surface area contributed by atoms with Crippen molar-refractivity contribution in [2.75, 3.05) is 0 Å². The van der Waals surface area contributed by atoms with Crippen molar-refractivity contribution in [2.24, 2.45) is 0 Å². The predicted molar refractivity (Wildman–Crippen MR) is 78.2 cm³/mol. The first kappa shape index (κ1) is 17.6. The molecule has 0 spiro atoms. The Morgan fingerprint density at radius 1 is 1.33 bits per heavy atom. The largest absolute Gasteiger partial charge is 0.480 e. The molecule has 0 bridgehead atoms. The van der Waals surface area contributed by atoms with E-state index in [0.29, 0.717) is 24.8 Å². The third-order valence-corrected chi connectivity index (χ3v) is 3.49. The van der Waals surface area contributed by atoms with Gasteiger partial charge < -0.3 is 10.4 Å². The maximum atomic E-state index is 13.5. The summed E-state index contributed by atoms with van der Waals surface area (Å²) >= 11 is 0. The molecule has 0 aromatic heterocycles. The molecule has 1 aromatic carbocycles. The number of carboxylic acids is 1. The Balaban J connectivity index is 2.48. The number of nitrogens with one attached hydrogen (secondary N) is 1. The Morgan fingerprint density at radius 2 is 2.05 bits per heavy atom. The van der Waals surface area contributed by atoms with Crippen LogP contribution in [0.4, 0.5) is 8.78 Å². The minimum absolute atomic E-state index is 0.0487. The molecule has 0 saturated heterocycles. The summed E-state index contributed by atoms with van der Waals surface area (Å²) in [4.78, 5) is 11.1. The molecule has 2 unspecified atom stereocenters. The van der Waals surface area contributed by atoms with Crippen molar-refractivity contribution >= 4 is 5.97 Å². The van der Waals surface area contributed by atoms with Gasteiger partial charge in [-0.3, -0.25) is 4.79 Å². The van der Waals surface area contributed by atoms with Gasteiger partial charge in [-0.2, -0.15) is 0 Å². The van der Waals surface area contributed by atoms with Crippen LogP contribution >= 0.6 is 0 Å². The van der Waals surface area contributed by atoms with Gasteiger partial charge in [0, 0.05) is 12.1 Å². The first-order chi connectivity index (χ1) is 9.93. The van der Waals surface area contributed by atoms with E-state index in [1.54, 1.807) is 0 Å². The van der Waals surface area contributed by atoms with Crippen LogP contribution < -0.4 is 5.32 Å². The van der Waals surface area contributed by atoms with Crippen LogP contribution in [0.15, 0.2) is 18.2 Å². The van der Waals surface area contributed by atoms with E-state index in [2.05, 4.69) is 5.32 Å². The van der Waals surface area contributed by atoms with Gasteiger partial charge in [0.15, 0.2) is 0 Å². The molecular weight excluding hydrogens is 276 g/mol. The van der Waals surface area contributed by atoms with Gasteiger partial charge in [-0.15, -0.1) is 0 Å². The van der Waals surface area contributed by atoms with E-state index in [4.69, 9.17) is 5.11 Å². The van der Waals surface area contributed by atoms with E-state index >= 15 is 0 Å². The summed E-state index contributed by atoms with van der Waals surface area (Å²) in [6, 6.07) is 2.92. The molecule has 3 nitrogen and oxygen atoms in total. The number of aryl methyl sites for hydroxylation is 1. The van der Waals surface area contributed by atoms with Crippen LogP contribution in [0.1, 0.15) is 45.1 Å². The van der Waals surface area contributed by atoms with Gasteiger partial charge in [-0.1, -0.05) is 25.8 Å². The summed E-state index contributed by atoms with van der Waals surface area (Å²) in [5.74, 6) is -2.00. The highest BCUT2D eigenvalue weighted by Crippen LogP contribution is 2.13. The molecule has 0 fully saturated rings.